The fraction of sp³-hybridized carbons (Fsp3) is 0.692. The van der Waals surface area contributed by atoms with Gasteiger partial charge in [0.2, 0.25) is 5.91 Å². The van der Waals surface area contributed by atoms with E-state index in [9.17, 15) is 9.59 Å². The first-order valence-electron chi connectivity index (χ1n) is 6.65. The lowest BCUT2D eigenvalue weighted by molar-refractivity contribution is -0.133. The van der Waals surface area contributed by atoms with Crippen molar-refractivity contribution < 1.29 is 14.7 Å². The van der Waals surface area contributed by atoms with Gasteiger partial charge in [0.15, 0.2) is 0 Å². The molecular weight excluding hydrogens is 246 g/mol. The molecule has 0 spiro atoms. The number of carbonyl (C=O) groups excluding carboxylic acids is 1. The van der Waals surface area contributed by atoms with Gasteiger partial charge in [-0.25, -0.2) is 4.79 Å². The van der Waals surface area contributed by atoms with Gasteiger partial charge in [-0.3, -0.25) is 4.79 Å². The van der Waals surface area contributed by atoms with Crippen LogP contribution in [0.1, 0.15) is 33.1 Å². The Morgan fingerprint density at radius 2 is 2.21 bits per heavy atom. The van der Waals surface area contributed by atoms with E-state index in [1.165, 1.54) is 6.92 Å². The Balaban J connectivity index is 2.81. The van der Waals surface area contributed by atoms with Gasteiger partial charge in [-0.1, -0.05) is 19.4 Å². The topological polar surface area (TPSA) is 104 Å². The second kappa shape index (κ2) is 7.25. The lowest BCUT2D eigenvalue weighted by atomic mass is 9.87. The van der Waals surface area contributed by atoms with Crippen molar-refractivity contribution >= 4 is 11.9 Å². The summed E-state index contributed by atoms with van der Waals surface area (Å²) in [6, 6.07) is -0.887. The highest BCUT2D eigenvalue weighted by molar-refractivity contribution is 5.87. The van der Waals surface area contributed by atoms with Gasteiger partial charge in [0.05, 0.1) is 6.04 Å². The molecule has 108 valence electrons. The predicted molar refractivity (Wildman–Crippen MR) is 72.6 cm³/mol. The smallest absolute Gasteiger partial charge is 0.331 e. The number of rotatable bonds is 6. The normalized spacial score (nSPS) is 26.7. The van der Waals surface area contributed by atoms with Gasteiger partial charge in [0, 0.05) is 24.6 Å². The number of hydrogen-bond acceptors (Lipinski definition) is 4. The lowest BCUT2D eigenvalue weighted by Crippen LogP contribution is -2.60. The minimum Gasteiger partial charge on any atom is -0.478 e. The molecule has 0 heterocycles. The van der Waals surface area contributed by atoms with Crippen molar-refractivity contribution in [3.8, 4) is 0 Å². The van der Waals surface area contributed by atoms with E-state index in [4.69, 9.17) is 10.8 Å². The number of carbonyl (C=O) groups is 2. The van der Waals surface area contributed by atoms with Crippen molar-refractivity contribution in [3.63, 3.8) is 0 Å². The van der Waals surface area contributed by atoms with Crippen molar-refractivity contribution in [3.05, 3.63) is 11.6 Å². The molecule has 0 fully saturated rings. The summed E-state index contributed by atoms with van der Waals surface area (Å²) in [5, 5.41) is 15.1. The molecule has 3 unspecified atom stereocenters. The van der Waals surface area contributed by atoms with Crippen LogP contribution in [0.4, 0.5) is 0 Å². The van der Waals surface area contributed by atoms with Gasteiger partial charge in [-0.2, -0.15) is 0 Å². The summed E-state index contributed by atoms with van der Waals surface area (Å²) in [4.78, 5) is 22.3. The van der Waals surface area contributed by atoms with E-state index < -0.39 is 5.97 Å². The zero-order valence-corrected chi connectivity index (χ0v) is 11.5. The molecule has 0 aromatic rings. The number of unbranched alkanes of at least 4 members (excludes halogenated alkanes) is 1. The summed E-state index contributed by atoms with van der Waals surface area (Å²) in [5.74, 6) is -1.10. The van der Waals surface area contributed by atoms with Crippen LogP contribution in [0.15, 0.2) is 11.6 Å². The summed E-state index contributed by atoms with van der Waals surface area (Å²) in [6.45, 7) is 4.29. The van der Waals surface area contributed by atoms with Crippen molar-refractivity contribution in [2.45, 2.75) is 51.2 Å². The van der Waals surface area contributed by atoms with Gasteiger partial charge in [0.25, 0.3) is 0 Å². The maximum Gasteiger partial charge on any atom is 0.331 e. The van der Waals surface area contributed by atoms with Crippen LogP contribution in [0.2, 0.25) is 0 Å². The summed E-state index contributed by atoms with van der Waals surface area (Å²) >= 11 is 0. The zero-order chi connectivity index (χ0) is 14.4. The molecule has 1 aliphatic rings. The average molecular weight is 269 g/mol. The highest BCUT2D eigenvalue weighted by Crippen LogP contribution is 2.18. The highest BCUT2D eigenvalue weighted by atomic mass is 16.4. The molecule has 6 nitrogen and oxygen atoms in total. The SMILES string of the molecule is CCCCNC1C=C(C(=O)O)CC(N)C1NC(C)=O. The lowest BCUT2D eigenvalue weighted by Gasteiger charge is -2.35. The number of aliphatic carboxylic acids is 1. The quantitative estimate of drug-likeness (QED) is 0.508. The zero-order valence-electron chi connectivity index (χ0n) is 11.5. The first-order valence-corrected chi connectivity index (χ1v) is 6.65. The number of amides is 1. The Morgan fingerprint density at radius 3 is 2.74 bits per heavy atom. The monoisotopic (exact) mass is 269 g/mol. The van der Waals surface area contributed by atoms with Crippen LogP contribution in [0.3, 0.4) is 0 Å². The molecular formula is C13H23N3O3. The summed E-state index contributed by atoms with van der Waals surface area (Å²) in [5.41, 5.74) is 6.30. The molecule has 0 saturated carbocycles. The Kier molecular flexibility index (Phi) is 5.98. The fourth-order valence-electron chi connectivity index (χ4n) is 2.26. The largest absolute Gasteiger partial charge is 0.478 e. The van der Waals surface area contributed by atoms with Crippen LogP contribution in [0.5, 0.6) is 0 Å². The Labute approximate surface area is 113 Å². The maximum absolute atomic E-state index is 11.2. The molecule has 6 heteroatoms. The van der Waals surface area contributed by atoms with Crippen LogP contribution in [-0.2, 0) is 9.59 Å². The molecule has 0 aliphatic heterocycles. The third-order valence-electron chi connectivity index (χ3n) is 3.24. The van der Waals surface area contributed by atoms with Gasteiger partial charge in [-0.05, 0) is 19.4 Å². The Hall–Kier alpha value is -1.40. The van der Waals surface area contributed by atoms with E-state index in [0.717, 1.165) is 19.4 Å². The minimum atomic E-state index is -0.945. The molecule has 0 radical (unpaired) electrons. The third-order valence-corrected chi connectivity index (χ3v) is 3.24. The molecule has 1 aliphatic carbocycles. The van der Waals surface area contributed by atoms with E-state index in [1.54, 1.807) is 6.08 Å². The van der Waals surface area contributed by atoms with Crippen LogP contribution >= 0.6 is 0 Å². The third kappa shape index (κ3) is 4.65. The van der Waals surface area contributed by atoms with E-state index in [2.05, 4.69) is 17.6 Å². The number of carboxylic acids is 1. The van der Waals surface area contributed by atoms with Crippen LogP contribution < -0.4 is 16.4 Å². The second-order valence-electron chi connectivity index (χ2n) is 4.92. The van der Waals surface area contributed by atoms with Gasteiger partial charge in [-0.15, -0.1) is 0 Å². The summed E-state index contributed by atoms with van der Waals surface area (Å²) < 4.78 is 0. The highest BCUT2D eigenvalue weighted by Gasteiger charge is 2.33. The van der Waals surface area contributed by atoms with Gasteiger partial charge >= 0.3 is 5.97 Å². The summed E-state index contributed by atoms with van der Waals surface area (Å²) in [7, 11) is 0. The molecule has 19 heavy (non-hydrogen) atoms. The number of nitrogens with two attached hydrogens (primary N) is 1. The van der Waals surface area contributed by atoms with E-state index in [-0.39, 0.29) is 30.5 Å². The van der Waals surface area contributed by atoms with Gasteiger partial charge in [0.1, 0.15) is 0 Å². The maximum atomic E-state index is 11.2. The van der Waals surface area contributed by atoms with Crippen LogP contribution in [0.25, 0.3) is 0 Å². The van der Waals surface area contributed by atoms with Crippen LogP contribution in [-0.4, -0.2) is 41.7 Å². The summed E-state index contributed by atoms with van der Waals surface area (Å²) in [6.07, 6.45) is 3.98. The fourth-order valence-corrected chi connectivity index (χ4v) is 2.26. The van der Waals surface area contributed by atoms with E-state index >= 15 is 0 Å². The van der Waals surface area contributed by atoms with Crippen molar-refractivity contribution in [1.29, 1.82) is 0 Å². The molecule has 1 amide bonds. The molecule has 3 atom stereocenters. The van der Waals surface area contributed by atoms with Gasteiger partial charge < -0.3 is 21.5 Å². The Morgan fingerprint density at radius 1 is 1.53 bits per heavy atom. The van der Waals surface area contributed by atoms with Crippen LogP contribution in [0, 0.1) is 0 Å². The first kappa shape index (κ1) is 15.7. The van der Waals surface area contributed by atoms with Crippen molar-refractivity contribution in [2.75, 3.05) is 6.54 Å². The molecule has 1 rings (SSSR count). The number of nitrogens with one attached hydrogen (secondary N) is 2. The van der Waals surface area contributed by atoms with Crippen molar-refractivity contribution in [2.24, 2.45) is 5.73 Å². The molecule has 0 saturated heterocycles. The Bertz CT molecular complexity index is 368. The standard InChI is InChI=1S/C13H23N3O3/c1-3-4-5-15-11-7-9(13(18)19)6-10(14)12(11)16-8(2)17/h7,10-12,15H,3-6,14H2,1-2H3,(H,16,17)(H,18,19). The second-order valence-corrected chi connectivity index (χ2v) is 4.92. The van der Waals surface area contributed by atoms with E-state index in [0.29, 0.717) is 5.57 Å². The molecule has 5 N–H and O–H groups in total. The van der Waals surface area contributed by atoms with Crippen molar-refractivity contribution in [1.82, 2.24) is 10.6 Å². The minimum absolute atomic E-state index is 0.157. The first-order chi connectivity index (χ1) is 8.95. The number of hydrogen-bond donors (Lipinski definition) is 4. The molecule has 0 bridgehead atoms. The number of carboxylic acid groups (broad SMARTS) is 1. The average Bonchev–Trinajstić information content (AvgIpc) is 2.32. The predicted octanol–water partition coefficient (Wildman–Crippen LogP) is -0.00860. The molecule has 0 aromatic carbocycles. The molecule has 0 aromatic heterocycles. The van der Waals surface area contributed by atoms with E-state index in [1.807, 2.05) is 0 Å².